The van der Waals surface area contributed by atoms with Crippen molar-refractivity contribution < 1.29 is 0 Å². The second-order valence-corrected chi connectivity index (χ2v) is 6.51. The van der Waals surface area contributed by atoms with E-state index in [1.807, 2.05) is 36.6 Å². The second-order valence-electron chi connectivity index (χ2n) is 5.53. The Morgan fingerprint density at radius 3 is 3.04 bits per heavy atom. The Bertz CT molecular complexity index is 624. The van der Waals surface area contributed by atoms with Crippen LogP contribution in [0.5, 0.6) is 0 Å². The number of nitrogens with one attached hydrogen (secondary N) is 1. The summed E-state index contributed by atoms with van der Waals surface area (Å²) in [5.74, 6) is 1.54. The van der Waals surface area contributed by atoms with Crippen molar-refractivity contribution in [1.82, 2.24) is 25.0 Å². The summed E-state index contributed by atoms with van der Waals surface area (Å²) in [6.45, 7) is 2.91. The standard InChI is InChI=1S/C15H22N6S.HI/c1-16-15(18-5-3-14-17-6-8-22-14)21-7-4-12(11-21)13-9-19-20(2)10-13;/h6,8-10,12H,3-5,7,11H2,1-2H3,(H,16,18);1H. The van der Waals surface area contributed by atoms with Gasteiger partial charge >= 0.3 is 0 Å². The van der Waals surface area contributed by atoms with E-state index >= 15 is 0 Å². The smallest absolute Gasteiger partial charge is 0.193 e. The molecule has 0 bridgehead atoms. The first-order valence-electron chi connectivity index (χ1n) is 7.59. The molecule has 1 saturated heterocycles. The summed E-state index contributed by atoms with van der Waals surface area (Å²) in [4.78, 5) is 11.1. The number of halogens is 1. The minimum Gasteiger partial charge on any atom is -0.356 e. The molecular formula is C15H23IN6S. The van der Waals surface area contributed by atoms with Crippen molar-refractivity contribution >= 4 is 41.3 Å². The van der Waals surface area contributed by atoms with Crippen LogP contribution < -0.4 is 5.32 Å². The molecule has 6 nitrogen and oxygen atoms in total. The van der Waals surface area contributed by atoms with Gasteiger partial charge in [0.25, 0.3) is 0 Å². The molecule has 126 valence electrons. The highest BCUT2D eigenvalue weighted by atomic mass is 127. The molecule has 23 heavy (non-hydrogen) atoms. The number of likely N-dealkylation sites (tertiary alicyclic amines) is 1. The van der Waals surface area contributed by atoms with Crippen LogP contribution in [0.1, 0.15) is 22.9 Å². The maximum absolute atomic E-state index is 4.42. The lowest BCUT2D eigenvalue weighted by Gasteiger charge is -2.21. The van der Waals surface area contributed by atoms with Gasteiger partial charge < -0.3 is 10.2 Å². The lowest BCUT2D eigenvalue weighted by molar-refractivity contribution is 0.486. The summed E-state index contributed by atoms with van der Waals surface area (Å²) in [6.07, 6.45) is 8.04. The third-order valence-electron chi connectivity index (χ3n) is 4.00. The van der Waals surface area contributed by atoms with Crippen LogP contribution in [0.4, 0.5) is 0 Å². The van der Waals surface area contributed by atoms with Crippen molar-refractivity contribution in [3.63, 3.8) is 0 Å². The number of hydrogen-bond donors (Lipinski definition) is 1. The van der Waals surface area contributed by atoms with Crippen LogP contribution in [0.2, 0.25) is 0 Å². The highest BCUT2D eigenvalue weighted by Gasteiger charge is 2.26. The van der Waals surface area contributed by atoms with E-state index in [9.17, 15) is 0 Å². The third kappa shape index (κ3) is 4.66. The van der Waals surface area contributed by atoms with Crippen molar-refractivity contribution in [3.05, 3.63) is 34.5 Å². The molecule has 1 fully saturated rings. The monoisotopic (exact) mass is 446 g/mol. The van der Waals surface area contributed by atoms with Gasteiger partial charge in [0.1, 0.15) is 0 Å². The first-order chi connectivity index (χ1) is 10.8. The normalized spacial score (nSPS) is 18.1. The summed E-state index contributed by atoms with van der Waals surface area (Å²) in [6, 6.07) is 0. The number of nitrogens with zero attached hydrogens (tertiary/aromatic N) is 5. The lowest BCUT2D eigenvalue weighted by atomic mass is 10.0. The predicted molar refractivity (Wildman–Crippen MR) is 105 cm³/mol. The first kappa shape index (κ1) is 18.2. The maximum atomic E-state index is 4.42. The lowest BCUT2D eigenvalue weighted by Crippen LogP contribution is -2.40. The molecule has 3 heterocycles. The van der Waals surface area contributed by atoms with Gasteiger partial charge in [-0.15, -0.1) is 35.3 Å². The second kappa shape index (κ2) is 8.62. The van der Waals surface area contributed by atoms with Crippen molar-refractivity contribution in [1.29, 1.82) is 0 Å². The van der Waals surface area contributed by atoms with Crippen molar-refractivity contribution in [3.8, 4) is 0 Å². The van der Waals surface area contributed by atoms with Gasteiger partial charge in [-0.25, -0.2) is 4.98 Å². The number of aryl methyl sites for hydroxylation is 1. The van der Waals surface area contributed by atoms with Gasteiger partial charge in [-0.05, 0) is 12.0 Å². The van der Waals surface area contributed by atoms with Gasteiger partial charge in [0.05, 0.1) is 11.2 Å². The van der Waals surface area contributed by atoms with E-state index in [0.29, 0.717) is 5.92 Å². The fourth-order valence-electron chi connectivity index (χ4n) is 2.87. The minimum absolute atomic E-state index is 0. The SMILES string of the molecule is CN=C(NCCc1nccs1)N1CCC(c2cnn(C)c2)C1.I. The number of aromatic nitrogens is 3. The maximum Gasteiger partial charge on any atom is 0.193 e. The van der Waals surface area contributed by atoms with Gasteiger partial charge in [0, 0.05) is 63.8 Å². The Hall–Kier alpha value is -1.16. The van der Waals surface area contributed by atoms with E-state index < -0.39 is 0 Å². The van der Waals surface area contributed by atoms with Gasteiger partial charge in [-0.1, -0.05) is 0 Å². The van der Waals surface area contributed by atoms with Crippen LogP contribution in [0.15, 0.2) is 29.0 Å². The Morgan fingerprint density at radius 2 is 2.39 bits per heavy atom. The van der Waals surface area contributed by atoms with Crippen LogP contribution in [0, 0.1) is 0 Å². The summed E-state index contributed by atoms with van der Waals surface area (Å²) < 4.78 is 1.87. The zero-order chi connectivity index (χ0) is 15.4. The van der Waals surface area contributed by atoms with Crippen molar-refractivity contribution in [2.45, 2.75) is 18.8 Å². The van der Waals surface area contributed by atoms with Crippen LogP contribution >= 0.6 is 35.3 Å². The van der Waals surface area contributed by atoms with E-state index in [1.54, 1.807) is 11.3 Å². The molecule has 1 aliphatic heterocycles. The van der Waals surface area contributed by atoms with Crippen LogP contribution in [0.25, 0.3) is 0 Å². The van der Waals surface area contributed by atoms with Crippen molar-refractivity contribution in [2.75, 3.05) is 26.7 Å². The van der Waals surface area contributed by atoms with E-state index in [1.165, 1.54) is 5.56 Å². The molecule has 3 rings (SSSR count). The van der Waals surface area contributed by atoms with Crippen LogP contribution in [0.3, 0.4) is 0 Å². The zero-order valence-electron chi connectivity index (χ0n) is 13.5. The zero-order valence-corrected chi connectivity index (χ0v) is 16.6. The summed E-state index contributed by atoms with van der Waals surface area (Å²) in [5, 5.41) is 10.9. The Morgan fingerprint density at radius 1 is 1.52 bits per heavy atom. The quantitative estimate of drug-likeness (QED) is 0.444. The first-order valence-corrected chi connectivity index (χ1v) is 8.46. The van der Waals surface area contributed by atoms with E-state index in [4.69, 9.17) is 0 Å². The molecule has 8 heteroatoms. The Labute approximate surface area is 158 Å². The molecule has 1 unspecified atom stereocenters. The molecule has 0 radical (unpaired) electrons. The number of rotatable bonds is 4. The van der Waals surface area contributed by atoms with Crippen molar-refractivity contribution in [2.24, 2.45) is 12.0 Å². The van der Waals surface area contributed by atoms with E-state index in [2.05, 4.69) is 31.5 Å². The number of aliphatic imine (C=N–C) groups is 1. The summed E-state index contributed by atoms with van der Waals surface area (Å²) in [7, 11) is 3.82. The van der Waals surface area contributed by atoms with Gasteiger partial charge in [-0.2, -0.15) is 5.10 Å². The molecule has 0 spiro atoms. The fraction of sp³-hybridized carbons (Fsp3) is 0.533. The average molecular weight is 446 g/mol. The molecular weight excluding hydrogens is 423 g/mol. The van der Waals surface area contributed by atoms with E-state index in [0.717, 1.165) is 43.4 Å². The molecule has 2 aromatic rings. The third-order valence-corrected chi connectivity index (χ3v) is 4.84. The number of thiazole rings is 1. The van der Waals surface area contributed by atoms with Gasteiger partial charge in [-0.3, -0.25) is 9.67 Å². The van der Waals surface area contributed by atoms with Crippen LogP contribution in [-0.4, -0.2) is 52.3 Å². The molecule has 0 aromatic carbocycles. The van der Waals surface area contributed by atoms with Crippen LogP contribution in [-0.2, 0) is 13.5 Å². The Balaban J connectivity index is 0.00000192. The topological polar surface area (TPSA) is 58.3 Å². The van der Waals surface area contributed by atoms with Gasteiger partial charge in [0.2, 0.25) is 0 Å². The Kier molecular flexibility index (Phi) is 6.82. The average Bonchev–Trinajstić information content (AvgIpc) is 3.24. The highest BCUT2D eigenvalue weighted by molar-refractivity contribution is 14.0. The summed E-state index contributed by atoms with van der Waals surface area (Å²) in [5.41, 5.74) is 1.32. The molecule has 1 N–H and O–H groups in total. The molecule has 0 amide bonds. The largest absolute Gasteiger partial charge is 0.356 e. The van der Waals surface area contributed by atoms with E-state index in [-0.39, 0.29) is 24.0 Å². The predicted octanol–water partition coefficient (Wildman–Crippen LogP) is 2.10. The molecule has 2 aromatic heterocycles. The number of guanidine groups is 1. The molecule has 1 atom stereocenters. The summed E-state index contributed by atoms with van der Waals surface area (Å²) >= 11 is 1.70. The molecule has 1 aliphatic rings. The van der Waals surface area contributed by atoms with Gasteiger partial charge in [0.15, 0.2) is 5.96 Å². The molecule has 0 aliphatic carbocycles. The number of hydrogen-bond acceptors (Lipinski definition) is 4. The molecule has 0 saturated carbocycles. The minimum atomic E-state index is 0. The fourth-order valence-corrected chi connectivity index (χ4v) is 3.49. The highest BCUT2D eigenvalue weighted by Crippen LogP contribution is 2.26.